The van der Waals surface area contributed by atoms with E-state index in [2.05, 4.69) is 15.3 Å². The Balaban J connectivity index is 1.44. The maximum absolute atomic E-state index is 13.2. The second kappa shape index (κ2) is 7.84. The second-order valence-electron chi connectivity index (χ2n) is 7.25. The number of imidazole rings is 1. The largest absolute Gasteiger partial charge is 0.440 e. The zero-order valence-corrected chi connectivity index (χ0v) is 17.2. The van der Waals surface area contributed by atoms with Crippen LogP contribution >= 0.6 is 11.8 Å². The number of aromatic nitrogens is 3. The number of hydrogen-bond acceptors (Lipinski definition) is 5. The van der Waals surface area contributed by atoms with Gasteiger partial charge in [-0.15, -0.1) is 0 Å². The van der Waals surface area contributed by atoms with Gasteiger partial charge in [-0.2, -0.15) is 0 Å². The van der Waals surface area contributed by atoms with E-state index in [0.717, 1.165) is 34.1 Å². The van der Waals surface area contributed by atoms with Crippen LogP contribution in [0.3, 0.4) is 0 Å². The molecule has 0 spiro atoms. The predicted molar refractivity (Wildman–Crippen MR) is 116 cm³/mol. The van der Waals surface area contributed by atoms with Crippen LogP contribution in [0.5, 0.6) is 0 Å². The maximum atomic E-state index is 13.2. The first-order valence-electron chi connectivity index (χ1n) is 9.81. The lowest BCUT2D eigenvalue weighted by Crippen LogP contribution is -2.14. The van der Waals surface area contributed by atoms with E-state index in [1.165, 1.54) is 11.8 Å². The fraction of sp³-hybridized carbons (Fsp3) is 0.174. The van der Waals surface area contributed by atoms with Crippen molar-refractivity contribution in [3.05, 3.63) is 78.4 Å². The van der Waals surface area contributed by atoms with Crippen molar-refractivity contribution in [1.82, 2.24) is 14.5 Å². The summed E-state index contributed by atoms with van der Waals surface area (Å²) >= 11 is 1.50. The summed E-state index contributed by atoms with van der Waals surface area (Å²) in [6.45, 7) is 0. The SMILES string of the molecule is Cn1ccnc1Sc1ccccc1NC(=O)c1nc(-c2ccccc2)oc1C1CC1. The molecule has 150 valence electrons. The van der Waals surface area contributed by atoms with E-state index in [9.17, 15) is 4.79 Å². The van der Waals surface area contributed by atoms with Crippen LogP contribution in [0.2, 0.25) is 0 Å². The molecule has 30 heavy (non-hydrogen) atoms. The van der Waals surface area contributed by atoms with Crippen LogP contribution in [0.1, 0.15) is 35.0 Å². The Kier molecular flexibility index (Phi) is 4.88. The van der Waals surface area contributed by atoms with E-state index >= 15 is 0 Å². The fourth-order valence-corrected chi connectivity index (χ4v) is 4.10. The molecule has 0 aliphatic heterocycles. The third-order valence-corrected chi connectivity index (χ3v) is 6.10. The number of anilines is 1. The fourth-order valence-electron chi connectivity index (χ4n) is 3.21. The number of carbonyl (C=O) groups excluding carboxylic acids is 1. The molecule has 2 heterocycles. The van der Waals surface area contributed by atoms with Crippen LogP contribution in [0.4, 0.5) is 5.69 Å². The Hall–Kier alpha value is -3.32. The molecule has 5 rings (SSSR count). The molecule has 2 aromatic heterocycles. The lowest BCUT2D eigenvalue weighted by atomic mass is 10.2. The first kappa shape index (κ1) is 18.7. The summed E-state index contributed by atoms with van der Waals surface area (Å²) in [5, 5.41) is 3.88. The minimum atomic E-state index is -0.254. The van der Waals surface area contributed by atoms with Crippen molar-refractivity contribution in [2.45, 2.75) is 28.8 Å². The van der Waals surface area contributed by atoms with E-state index in [0.29, 0.717) is 17.3 Å². The number of rotatable bonds is 6. The molecule has 6 nitrogen and oxygen atoms in total. The Bertz CT molecular complexity index is 1190. The number of benzene rings is 2. The Labute approximate surface area is 178 Å². The molecule has 0 radical (unpaired) electrons. The van der Waals surface area contributed by atoms with Gasteiger partial charge in [0.25, 0.3) is 5.91 Å². The molecule has 0 atom stereocenters. The van der Waals surface area contributed by atoms with Crippen LogP contribution < -0.4 is 5.32 Å². The summed E-state index contributed by atoms with van der Waals surface area (Å²) < 4.78 is 7.97. The normalized spacial score (nSPS) is 13.4. The second-order valence-corrected chi connectivity index (χ2v) is 8.25. The van der Waals surface area contributed by atoms with Crippen LogP contribution in [-0.4, -0.2) is 20.4 Å². The van der Waals surface area contributed by atoms with Crippen LogP contribution in [0, 0.1) is 0 Å². The summed E-state index contributed by atoms with van der Waals surface area (Å²) in [7, 11) is 1.94. The summed E-state index contributed by atoms with van der Waals surface area (Å²) in [5.41, 5.74) is 1.96. The molecule has 2 aromatic carbocycles. The van der Waals surface area contributed by atoms with E-state index in [1.54, 1.807) is 6.20 Å². The predicted octanol–water partition coefficient (Wildman–Crippen LogP) is 5.36. The Morgan fingerprint density at radius 3 is 2.63 bits per heavy atom. The summed E-state index contributed by atoms with van der Waals surface area (Å²) in [4.78, 5) is 23.0. The van der Waals surface area contributed by atoms with Crippen molar-refractivity contribution < 1.29 is 9.21 Å². The molecule has 1 N–H and O–H groups in total. The van der Waals surface area contributed by atoms with Gasteiger partial charge < -0.3 is 14.3 Å². The molecule has 0 bridgehead atoms. The van der Waals surface area contributed by atoms with Gasteiger partial charge >= 0.3 is 0 Å². The third kappa shape index (κ3) is 3.76. The standard InChI is InChI=1S/C23H20N4O2S/c1-27-14-13-24-23(27)30-18-10-6-5-9-17(18)25-21(28)19-20(15-11-12-15)29-22(26-19)16-7-3-2-4-8-16/h2-10,13-15H,11-12H2,1H3,(H,25,28). The van der Waals surface area contributed by atoms with E-state index in [1.807, 2.05) is 72.4 Å². The Morgan fingerprint density at radius 1 is 1.13 bits per heavy atom. The lowest BCUT2D eigenvalue weighted by Gasteiger charge is -2.10. The molecule has 1 aliphatic carbocycles. The van der Waals surface area contributed by atoms with Gasteiger partial charge in [-0.25, -0.2) is 9.97 Å². The molecule has 1 aliphatic rings. The highest BCUT2D eigenvalue weighted by Crippen LogP contribution is 2.43. The number of amides is 1. The van der Waals surface area contributed by atoms with Gasteiger partial charge in [-0.3, -0.25) is 4.79 Å². The quantitative estimate of drug-likeness (QED) is 0.458. The topological polar surface area (TPSA) is 73.0 Å². The average Bonchev–Trinajstić information content (AvgIpc) is 3.39. The number of nitrogens with zero attached hydrogens (tertiary/aromatic N) is 3. The highest BCUT2D eigenvalue weighted by molar-refractivity contribution is 7.99. The molecule has 0 saturated heterocycles. The number of aryl methyl sites for hydroxylation is 1. The van der Waals surface area contributed by atoms with Gasteiger partial charge in [0.1, 0.15) is 5.76 Å². The summed E-state index contributed by atoms with van der Waals surface area (Å²) in [6.07, 6.45) is 5.70. The maximum Gasteiger partial charge on any atom is 0.277 e. The molecule has 1 fully saturated rings. The molecular weight excluding hydrogens is 396 g/mol. The average molecular weight is 417 g/mol. The smallest absolute Gasteiger partial charge is 0.277 e. The third-order valence-electron chi connectivity index (χ3n) is 4.95. The van der Waals surface area contributed by atoms with E-state index in [-0.39, 0.29) is 11.8 Å². The lowest BCUT2D eigenvalue weighted by molar-refractivity contribution is 0.102. The monoisotopic (exact) mass is 416 g/mol. The number of para-hydroxylation sites is 1. The molecule has 7 heteroatoms. The van der Waals surface area contributed by atoms with Gasteiger partial charge in [-0.05, 0) is 48.9 Å². The van der Waals surface area contributed by atoms with Crippen molar-refractivity contribution in [1.29, 1.82) is 0 Å². The number of hydrogen-bond donors (Lipinski definition) is 1. The highest BCUT2D eigenvalue weighted by atomic mass is 32.2. The number of oxazole rings is 1. The molecule has 0 unspecified atom stereocenters. The molecule has 1 saturated carbocycles. The molecule has 4 aromatic rings. The Morgan fingerprint density at radius 2 is 1.90 bits per heavy atom. The zero-order chi connectivity index (χ0) is 20.5. The van der Waals surface area contributed by atoms with Crippen molar-refractivity contribution in [2.24, 2.45) is 7.05 Å². The van der Waals surface area contributed by atoms with Gasteiger partial charge in [0, 0.05) is 35.8 Å². The van der Waals surface area contributed by atoms with Gasteiger partial charge in [0.15, 0.2) is 10.9 Å². The minimum Gasteiger partial charge on any atom is -0.440 e. The van der Waals surface area contributed by atoms with Crippen molar-refractivity contribution in [3.63, 3.8) is 0 Å². The number of carbonyl (C=O) groups is 1. The van der Waals surface area contributed by atoms with E-state index < -0.39 is 0 Å². The first-order chi connectivity index (χ1) is 14.7. The van der Waals surface area contributed by atoms with Crippen molar-refractivity contribution in [3.8, 4) is 11.5 Å². The number of nitrogens with one attached hydrogen (secondary N) is 1. The minimum absolute atomic E-state index is 0.254. The molecular formula is C23H20N4O2S. The first-order valence-corrected chi connectivity index (χ1v) is 10.6. The zero-order valence-electron chi connectivity index (χ0n) is 16.4. The van der Waals surface area contributed by atoms with Gasteiger partial charge in [-0.1, -0.05) is 30.3 Å². The summed E-state index contributed by atoms with van der Waals surface area (Å²) in [6, 6.07) is 17.4. The van der Waals surface area contributed by atoms with Crippen molar-refractivity contribution in [2.75, 3.05) is 5.32 Å². The van der Waals surface area contributed by atoms with Gasteiger partial charge in [0.05, 0.1) is 5.69 Å². The summed E-state index contributed by atoms with van der Waals surface area (Å²) in [5.74, 6) is 1.18. The van der Waals surface area contributed by atoms with Crippen molar-refractivity contribution >= 4 is 23.4 Å². The van der Waals surface area contributed by atoms with Gasteiger partial charge in [0.2, 0.25) is 5.89 Å². The van der Waals surface area contributed by atoms with Crippen LogP contribution in [0.25, 0.3) is 11.5 Å². The highest BCUT2D eigenvalue weighted by Gasteiger charge is 2.34. The molecule has 1 amide bonds. The van der Waals surface area contributed by atoms with E-state index in [4.69, 9.17) is 4.42 Å². The van der Waals surface area contributed by atoms with Crippen LogP contribution in [0.15, 0.2) is 81.5 Å². The van der Waals surface area contributed by atoms with Crippen LogP contribution in [-0.2, 0) is 7.05 Å².